The summed E-state index contributed by atoms with van der Waals surface area (Å²) in [6.07, 6.45) is 2.51. The molecule has 1 fully saturated rings. The second-order valence-electron chi connectivity index (χ2n) is 6.22. The minimum absolute atomic E-state index is 0.0311. The van der Waals surface area contributed by atoms with E-state index in [2.05, 4.69) is 16.9 Å². The van der Waals surface area contributed by atoms with Gasteiger partial charge in [0, 0.05) is 37.3 Å². The first kappa shape index (κ1) is 18.0. The van der Waals surface area contributed by atoms with Crippen molar-refractivity contribution in [2.75, 3.05) is 26.2 Å². The molecule has 0 saturated carbocycles. The summed E-state index contributed by atoms with van der Waals surface area (Å²) in [5, 5.41) is 22.1. The van der Waals surface area contributed by atoms with Crippen LogP contribution in [0.1, 0.15) is 42.3 Å². The van der Waals surface area contributed by atoms with Crippen LogP contribution in [0.5, 0.6) is 0 Å². The van der Waals surface area contributed by atoms with E-state index >= 15 is 0 Å². The van der Waals surface area contributed by atoms with Crippen LogP contribution in [0.2, 0.25) is 0 Å². The van der Waals surface area contributed by atoms with E-state index < -0.39 is 0 Å². The summed E-state index contributed by atoms with van der Waals surface area (Å²) >= 11 is 0. The molecule has 7 heteroatoms. The molecule has 0 aliphatic carbocycles. The van der Waals surface area contributed by atoms with E-state index in [1.54, 1.807) is 0 Å². The second-order valence-corrected chi connectivity index (χ2v) is 6.22. The highest BCUT2D eigenvalue weighted by Gasteiger charge is 2.30. The predicted molar refractivity (Wildman–Crippen MR) is 88.7 cm³/mol. The number of nitrogens with zero attached hydrogens (tertiary/aromatic N) is 6. The van der Waals surface area contributed by atoms with Crippen LogP contribution in [0.15, 0.2) is 0 Å². The fraction of sp³-hybridized carbons (Fsp3) is 0.647. The van der Waals surface area contributed by atoms with Gasteiger partial charge in [-0.1, -0.05) is 0 Å². The van der Waals surface area contributed by atoms with E-state index in [1.165, 1.54) is 16.2 Å². The predicted octanol–water partition coefficient (Wildman–Crippen LogP) is 1.44. The first-order valence-electron chi connectivity index (χ1n) is 8.25. The largest absolute Gasteiger partial charge is 0.316 e. The highest BCUT2D eigenvalue weighted by molar-refractivity contribution is 5.76. The lowest BCUT2D eigenvalue weighted by atomic mass is 10.0. The zero-order chi connectivity index (χ0) is 17.7. The van der Waals surface area contributed by atoms with E-state index in [4.69, 9.17) is 10.5 Å². The molecule has 1 aliphatic rings. The van der Waals surface area contributed by atoms with E-state index in [0.717, 1.165) is 25.1 Å². The molecule has 1 saturated heterocycles. The number of aryl methyl sites for hydroxylation is 2. The van der Waals surface area contributed by atoms with Gasteiger partial charge in [0.25, 0.3) is 0 Å². The lowest BCUT2D eigenvalue weighted by molar-refractivity contribution is -0.130. The number of aromatic nitrogens is 2. The molecule has 1 aromatic rings. The lowest BCUT2D eigenvalue weighted by Gasteiger charge is -2.26. The summed E-state index contributed by atoms with van der Waals surface area (Å²) in [5.74, 6) is -0.136. The van der Waals surface area contributed by atoms with Gasteiger partial charge in [0.15, 0.2) is 0 Å². The van der Waals surface area contributed by atoms with Gasteiger partial charge in [0.2, 0.25) is 5.91 Å². The molecule has 1 aliphatic heterocycles. The van der Waals surface area contributed by atoms with E-state index in [0.29, 0.717) is 19.0 Å². The van der Waals surface area contributed by atoms with Crippen molar-refractivity contribution in [3.05, 3.63) is 17.0 Å². The molecule has 7 nitrogen and oxygen atoms in total. The Bertz CT molecular complexity index is 664. The van der Waals surface area contributed by atoms with Crippen molar-refractivity contribution in [2.24, 2.45) is 7.05 Å². The Morgan fingerprint density at radius 3 is 2.54 bits per heavy atom. The molecule has 1 aromatic heterocycles. The van der Waals surface area contributed by atoms with Crippen LogP contribution in [0.25, 0.3) is 0 Å². The maximum Gasteiger partial charge on any atom is 0.225 e. The van der Waals surface area contributed by atoms with Crippen molar-refractivity contribution in [3.63, 3.8) is 0 Å². The summed E-state index contributed by atoms with van der Waals surface area (Å²) in [4.78, 5) is 15.9. The Morgan fingerprint density at radius 2 is 2.00 bits per heavy atom. The molecule has 24 heavy (non-hydrogen) atoms. The van der Waals surface area contributed by atoms with Gasteiger partial charge in [-0.2, -0.15) is 15.6 Å². The van der Waals surface area contributed by atoms with Gasteiger partial charge in [0.05, 0.1) is 17.8 Å². The second kappa shape index (κ2) is 7.94. The van der Waals surface area contributed by atoms with Crippen molar-refractivity contribution in [1.29, 1.82) is 10.5 Å². The number of rotatable bonds is 6. The van der Waals surface area contributed by atoms with Crippen LogP contribution in [0.3, 0.4) is 0 Å². The van der Waals surface area contributed by atoms with Crippen molar-refractivity contribution < 1.29 is 4.79 Å². The van der Waals surface area contributed by atoms with Gasteiger partial charge in [0.1, 0.15) is 13.1 Å². The molecule has 0 N–H and O–H groups in total. The van der Waals surface area contributed by atoms with E-state index in [9.17, 15) is 4.79 Å². The van der Waals surface area contributed by atoms with Crippen LogP contribution in [-0.4, -0.2) is 51.7 Å². The summed E-state index contributed by atoms with van der Waals surface area (Å²) in [6, 6.07) is 4.18. The Hall–Kier alpha value is -2.38. The Labute approximate surface area is 143 Å². The van der Waals surface area contributed by atoms with Crippen LogP contribution < -0.4 is 0 Å². The third-order valence-corrected chi connectivity index (χ3v) is 4.75. The smallest absolute Gasteiger partial charge is 0.225 e. The van der Waals surface area contributed by atoms with Gasteiger partial charge in [-0.3, -0.25) is 14.4 Å². The first-order chi connectivity index (χ1) is 11.5. The Morgan fingerprint density at radius 1 is 1.33 bits per heavy atom. The third-order valence-electron chi connectivity index (χ3n) is 4.75. The maximum atomic E-state index is 12.2. The molecule has 2 heterocycles. The molecular weight excluding hydrogens is 304 g/mol. The van der Waals surface area contributed by atoms with Crippen molar-refractivity contribution in [3.8, 4) is 12.1 Å². The van der Waals surface area contributed by atoms with Gasteiger partial charge >= 0.3 is 0 Å². The lowest BCUT2D eigenvalue weighted by Crippen LogP contribution is -2.35. The quantitative estimate of drug-likeness (QED) is 0.737. The number of carbonyl (C=O) groups excluding carboxylic acids is 1. The number of nitriles is 2. The summed E-state index contributed by atoms with van der Waals surface area (Å²) in [7, 11) is 1.95. The number of hydrogen-bond acceptors (Lipinski definition) is 5. The fourth-order valence-electron chi connectivity index (χ4n) is 3.49. The monoisotopic (exact) mass is 328 g/mol. The molecule has 0 radical (unpaired) electrons. The van der Waals surface area contributed by atoms with Crippen molar-refractivity contribution in [1.82, 2.24) is 19.6 Å². The molecule has 1 atom stereocenters. The highest BCUT2D eigenvalue weighted by atomic mass is 16.2. The number of likely N-dealkylation sites (tertiary alicyclic amines) is 1. The number of carbonyl (C=O) groups is 1. The Kier molecular flexibility index (Phi) is 5.94. The molecule has 0 bridgehead atoms. The molecule has 0 spiro atoms. The van der Waals surface area contributed by atoms with E-state index in [-0.39, 0.29) is 19.0 Å². The molecule has 0 aromatic carbocycles. The van der Waals surface area contributed by atoms with Crippen molar-refractivity contribution in [2.45, 2.75) is 39.2 Å². The average Bonchev–Trinajstić information content (AvgIpc) is 3.09. The van der Waals surface area contributed by atoms with Crippen LogP contribution in [-0.2, 0) is 11.8 Å². The number of hydrogen-bond donors (Lipinski definition) is 0. The molecular formula is C17H24N6O. The van der Waals surface area contributed by atoms with Crippen molar-refractivity contribution >= 4 is 5.91 Å². The maximum absolute atomic E-state index is 12.2. The third kappa shape index (κ3) is 3.74. The minimum atomic E-state index is -0.136. The molecule has 128 valence electrons. The van der Waals surface area contributed by atoms with Gasteiger partial charge < -0.3 is 4.90 Å². The SMILES string of the molecule is Cc1nn(C)c(C)c1[C@@H]1CCCN1CCC(=O)N(CC#N)CC#N. The van der Waals surface area contributed by atoms with E-state index in [1.807, 2.05) is 30.8 Å². The van der Waals surface area contributed by atoms with Crippen LogP contribution in [0, 0.1) is 36.5 Å². The van der Waals surface area contributed by atoms with Gasteiger partial charge in [-0.25, -0.2) is 0 Å². The van der Waals surface area contributed by atoms with Crippen LogP contribution in [0.4, 0.5) is 0 Å². The molecule has 2 rings (SSSR count). The zero-order valence-electron chi connectivity index (χ0n) is 14.6. The molecule has 0 unspecified atom stereocenters. The summed E-state index contributed by atoms with van der Waals surface area (Å²) < 4.78 is 1.91. The van der Waals surface area contributed by atoms with Gasteiger partial charge in [-0.05, 0) is 33.2 Å². The standard InChI is InChI=1S/C17H24N6O/c1-13-17(14(2)21(3)20-13)15-5-4-9-22(15)10-6-16(24)23(11-7-18)12-8-19/h15H,4-6,9-12H2,1-3H3/t15-/m0/s1. The number of amides is 1. The topological polar surface area (TPSA) is 88.9 Å². The zero-order valence-corrected chi connectivity index (χ0v) is 14.6. The minimum Gasteiger partial charge on any atom is -0.316 e. The molecule has 1 amide bonds. The van der Waals surface area contributed by atoms with Crippen LogP contribution >= 0.6 is 0 Å². The fourth-order valence-corrected chi connectivity index (χ4v) is 3.49. The van der Waals surface area contributed by atoms with Gasteiger partial charge in [-0.15, -0.1) is 0 Å². The summed E-state index contributed by atoms with van der Waals surface area (Å²) in [6.45, 7) is 5.66. The summed E-state index contributed by atoms with van der Waals surface area (Å²) in [5.41, 5.74) is 3.49. The normalized spacial score (nSPS) is 17.5. The Balaban J connectivity index is 2.03. The first-order valence-corrected chi connectivity index (χ1v) is 8.25. The average molecular weight is 328 g/mol. The highest BCUT2D eigenvalue weighted by Crippen LogP contribution is 2.35.